The number of benzene rings is 1. The summed E-state index contributed by atoms with van der Waals surface area (Å²) < 4.78 is 5.23. The van der Waals surface area contributed by atoms with Crippen LogP contribution in [0, 0.1) is 0 Å². The number of pyridine rings is 1. The summed E-state index contributed by atoms with van der Waals surface area (Å²) in [5.74, 6) is 1.49. The lowest BCUT2D eigenvalue weighted by atomic mass is 10.1. The summed E-state index contributed by atoms with van der Waals surface area (Å²) in [6.45, 7) is 1.59. The average Bonchev–Trinajstić information content (AvgIpc) is 3.60. The van der Waals surface area contributed by atoms with Gasteiger partial charge in [-0.05, 0) is 24.3 Å². The van der Waals surface area contributed by atoms with Gasteiger partial charge in [0.25, 0.3) is 0 Å². The number of furan rings is 1. The quantitative estimate of drug-likeness (QED) is 0.372. The van der Waals surface area contributed by atoms with Crippen molar-refractivity contribution in [3.05, 3.63) is 61.4 Å². The van der Waals surface area contributed by atoms with Crippen molar-refractivity contribution < 1.29 is 4.42 Å². The van der Waals surface area contributed by atoms with Gasteiger partial charge in [0.1, 0.15) is 22.7 Å². The van der Waals surface area contributed by atoms with Crippen LogP contribution >= 0.6 is 0 Å². The van der Waals surface area contributed by atoms with E-state index in [1.54, 1.807) is 31.1 Å². The Morgan fingerprint density at radius 3 is 2.79 bits per heavy atom. The standard InChI is InChI=1S/C24H19N9O/c25-15-10-33(11-15)20-9-26-8-19(28-20)13-1-2-17-16(7-13)22(32-31-17)24-29-18-3-5-27-21(23(18)30-24)14-4-6-34-12-14/h1-9,12,15H,10-11,25H2,(H,29,30)(H,31,32). The van der Waals surface area contributed by atoms with Gasteiger partial charge in [-0.25, -0.2) is 9.97 Å². The van der Waals surface area contributed by atoms with Crippen molar-refractivity contribution in [1.82, 2.24) is 35.1 Å². The molecule has 1 aromatic carbocycles. The molecular weight excluding hydrogens is 430 g/mol. The zero-order chi connectivity index (χ0) is 22.6. The minimum absolute atomic E-state index is 0.198. The van der Waals surface area contributed by atoms with Gasteiger partial charge in [0.05, 0.1) is 41.6 Å². The van der Waals surface area contributed by atoms with E-state index in [2.05, 4.69) is 36.1 Å². The molecule has 1 aliphatic rings. The first kappa shape index (κ1) is 18.9. The van der Waals surface area contributed by atoms with Gasteiger partial charge in [-0.15, -0.1) is 0 Å². The highest BCUT2D eigenvalue weighted by atomic mass is 16.3. The van der Waals surface area contributed by atoms with Gasteiger partial charge in [-0.3, -0.25) is 15.1 Å². The first-order chi connectivity index (χ1) is 16.7. The molecule has 1 aliphatic heterocycles. The SMILES string of the molecule is NC1CN(c2cncc(-c3ccc4[nH]nc(-c5nc6c(-c7ccoc7)nccc6[nH]5)c4c3)n2)C1. The minimum Gasteiger partial charge on any atom is -0.472 e. The smallest absolute Gasteiger partial charge is 0.159 e. The maximum absolute atomic E-state index is 5.92. The van der Waals surface area contributed by atoms with Crippen LogP contribution in [-0.4, -0.2) is 54.2 Å². The number of nitrogens with zero attached hydrogens (tertiary/aromatic N) is 6. The average molecular weight is 449 g/mol. The molecule has 0 spiro atoms. The Bertz CT molecular complexity index is 1640. The number of imidazole rings is 1. The second-order valence-electron chi connectivity index (χ2n) is 8.41. The largest absolute Gasteiger partial charge is 0.472 e. The Labute approximate surface area is 192 Å². The predicted octanol–water partition coefficient (Wildman–Crippen LogP) is 3.37. The molecule has 1 fully saturated rings. The number of nitrogens with one attached hydrogen (secondary N) is 2. The molecule has 0 aliphatic carbocycles. The van der Waals surface area contributed by atoms with Crippen molar-refractivity contribution >= 4 is 27.8 Å². The number of aromatic nitrogens is 7. The van der Waals surface area contributed by atoms with Gasteiger partial charge in [0.15, 0.2) is 5.82 Å². The number of rotatable bonds is 4. The van der Waals surface area contributed by atoms with Crippen molar-refractivity contribution in [2.45, 2.75) is 6.04 Å². The number of anilines is 1. The summed E-state index contributed by atoms with van der Waals surface area (Å²) >= 11 is 0. The fourth-order valence-corrected chi connectivity index (χ4v) is 4.36. The zero-order valence-electron chi connectivity index (χ0n) is 17.9. The van der Waals surface area contributed by atoms with Crippen LogP contribution in [0.15, 0.2) is 65.9 Å². The Morgan fingerprint density at radius 1 is 1.00 bits per heavy atom. The maximum Gasteiger partial charge on any atom is 0.159 e. The fourth-order valence-electron chi connectivity index (χ4n) is 4.36. The second-order valence-corrected chi connectivity index (χ2v) is 8.41. The molecule has 0 radical (unpaired) electrons. The summed E-state index contributed by atoms with van der Waals surface area (Å²) in [6.07, 6.45) is 8.59. The summed E-state index contributed by atoms with van der Waals surface area (Å²) in [4.78, 5) is 24.1. The van der Waals surface area contributed by atoms with Crippen molar-refractivity contribution in [3.63, 3.8) is 0 Å². The second kappa shape index (κ2) is 7.22. The summed E-state index contributed by atoms with van der Waals surface area (Å²) in [6, 6.07) is 10.0. The van der Waals surface area contributed by atoms with E-state index in [1.165, 1.54) is 0 Å². The van der Waals surface area contributed by atoms with Gasteiger partial charge >= 0.3 is 0 Å². The molecule has 0 amide bonds. The molecular formula is C24H19N9O. The third-order valence-corrected chi connectivity index (χ3v) is 6.13. The molecule has 1 saturated heterocycles. The van der Waals surface area contributed by atoms with Crippen molar-refractivity contribution in [2.75, 3.05) is 18.0 Å². The first-order valence-corrected chi connectivity index (χ1v) is 10.9. The number of fused-ring (bicyclic) bond motifs is 2. The van der Waals surface area contributed by atoms with Gasteiger partial charge in [-0.2, -0.15) is 5.10 Å². The summed E-state index contributed by atoms with van der Waals surface area (Å²) in [7, 11) is 0. The zero-order valence-corrected chi connectivity index (χ0v) is 17.9. The number of H-pyrrole nitrogens is 2. The molecule has 34 heavy (non-hydrogen) atoms. The monoisotopic (exact) mass is 449 g/mol. The van der Waals surface area contributed by atoms with E-state index in [0.29, 0.717) is 5.82 Å². The number of hydrogen-bond donors (Lipinski definition) is 3. The molecule has 7 rings (SSSR count). The topological polar surface area (TPSA) is 138 Å². The van der Waals surface area contributed by atoms with Crippen LogP contribution in [0.1, 0.15) is 0 Å². The van der Waals surface area contributed by atoms with Crippen LogP contribution in [0.2, 0.25) is 0 Å². The van der Waals surface area contributed by atoms with Gasteiger partial charge < -0.3 is 20.0 Å². The maximum atomic E-state index is 5.92. The first-order valence-electron chi connectivity index (χ1n) is 10.9. The summed E-state index contributed by atoms with van der Waals surface area (Å²) in [5.41, 5.74) is 12.6. The van der Waals surface area contributed by atoms with Crippen LogP contribution in [-0.2, 0) is 0 Å². The van der Waals surface area contributed by atoms with E-state index in [0.717, 1.165) is 69.1 Å². The van der Waals surface area contributed by atoms with E-state index < -0.39 is 0 Å². The highest BCUT2D eigenvalue weighted by molar-refractivity contribution is 5.97. The molecule has 0 unspecified atom stereocenters. The number of aromatic amines is 2. The normalized spacial score (nSPS) is 14.2. The predicted molar refractivity (Wildman–Crippen MR) is 128 cm³/mol. The summed E-state index contributed by atoms with van der Waals surface area (Å²) in [5, 5.41) is 8.59. The highest BCUT2D eigenvalue weighted by Crippen LogP contribution is 2.32. The van der Waals surface area contributed by atoms with E-state index in [1.807, 2.05) is 24.3 Å². The van der Waals surface area contributed by atoms with E-state index in [-0.39, 0.29) is 6.04 Å². The van der Waals surface area contributed by atoms with Crippen LogP contribution in [0.4, 0.5) is 5.82 Å². The Hall–Kier alpha value is -4.57. The molecule has 6 heterocycles. The van der Waals surface area contributed by atoms with Gasteiger partial charge in [0, 0.05) is 41.8 Å². The third kappa shape index (κ3) is 2.96. The molecule has 6 aromatic rings. The number of hydrogen-bond acceptors (Lipinski definition) is 8. The Kier molecular flexibility index (Phi) is 4.02. The lowest BCUT2D eigenvalue weighted by Crippen LogP contribution is -2.56. The molecule has 10 nitrogen and oxygen atoms in total. The van der Waals surface area contributed by atoms with Gasteiger partial charge in [0.2, 0.25) is 0 Å². The molecule has 5 aromatic heterocycles. The lowest BCUT2D eigenvalue weighted by Gasteiger charge is -2.37. The van der Waals surface area contributed by atoms with Crippen LogP contribution in [0.5, 0.6) is 0 Å². The Morgan fingerprint density at radius 2 is 1.94 bits per heavy atom. The molecule has 0 atom stereocenters. The molecule has 10 heteroatoms. The molecule has 0 saturated carbocycles. The third-order valence-electron chi connectivity index (χ3n) is 6.13. The van der Waals surface area contributed by atoms with E-state index in [4.69, 9.17) is 20.1 Å². The van der Waals surface area contributed by atoms with Crippen molar-refractivity contribution in [3.8, 4) is 34.0 Å². The Balaban J connectivity index is 1.31. The fraction of sp³-hybridized carbons (Fsp3) is 0.125. The molecule has 0 bridgehead atoms. The minimum atomic E-state index is 0.198. The van der Waals surface area contributed by atoms with Crippen LogP contribution in [0.3, 0.4) is 0 Å². The van der Waals surface area contributed by atoms with E-state index in [9.17, 15) is 0 Å². The van der Waals surface area contributed by atoms with E-state index >= 15 is 0 Å². The molecule has 4 N–H and O–H groups in total. The molecule has 166 valence electrons. The number of nitrogens with two attached hydrogens (primary N) is 1. The van der Waals surface area contributed by atoms with Crippen molar-refractivity contribution in [1.29, 1.82) is 0 Å². The van der Waals surface area contributed by atoms with Crippen molar-refractivity contribution in [2.24, 2.45) is 5.73 Å². The lowest BCUT2D eigenvalue weighted by molar-refractivity contribution is 0.514. The van der Waals surface area contributed by atoms with Gasteiger partial charge in [-0.1, -0.05) is 6.07 Å². The highest BCUT2D eigenvalue weighted by Gasteiger charge is 2.24. The van der Waals surface area contributed by atoms with Crippen LogP contribution < -0.4 is 10.6 Å². The van der Waals surface area contributed by atoms with Crippen LogP contribution in [0.25, 0.3) is 56.0 Å².